The number of hydrogen-bond donors (Lipinski definition) is 2. The Morgan fingerprint density at radius 1 is 1.55 bits per heavy atom. The van der Waals surface area contributed by atoms with Crippen LogP contribution < -0.4 is 10.6 Å². The van der Waals surface area contributed by atoms with Crippen LogP contribution in [0.4, 0.5) is 10.1 Å². The largest absolute Gasteiger partial charge is 0.352 e. The molecule has 1 aliphatic rings. The maximum absolute atomic E-state index is 13.0. The molecule has 0 radical (unpaired) electrons. The van der Waals surface area contributed by atoms with Crippen molar-refractivity contribution in [2.45, 2.75) is 25.3 Å². The lowest BCUT2D eigenvalue weighted by atomic mass is 10.1. The zero-order valence-electron chi connectivity index (χ0n) is 10.9. The van der Waals surface area contributed by atoms with Crippen LogP contribution in [0, 0.1) is 15.9 Å². The van der Waals surface area contributed by atoms with Gasteiger partial charge in [0.2, 0.25) is 0 Å². The van der Waals surface area contributed by atoms with E-state index in [4.69, 9.17) is 0 Å². The van der Waals surface area contributed by atoms with Crippen molar-refractivity contribution >= 4 is 11.6 Å². The maximum atomic E-state index is 13.0. The molecule has 2 rings (SSSR count). The Morgan fingerprint density at radius 3 is 3.00 bits per heavy atom. The summed E-state index contributed by atoms with van der Waals surface area (Å²) in [6.45, 7) is 1.42. The van der Waals surface area contributed by atoms with Crippen LogP contribution in [-0.2, 0) is 0 Å². The first-order chi connectivity index (χ1) is 9.58. The van der Waals surface area contributed by atoms with Crippen LogP contribution in [0.3, 0.4) is 0 Å². The molecule has 0 spiro atoms. The molecule has 0 bridgehead atoms. The topological polar surface area (TPSA) is 84.3 Å². The molecule has 1 aromatic carbocycles. The fraction of sp³-hybridized carbons (Fsp3) is 0.462. The first kappa shape index (κ1) is 14.4. The number of rotatable bonds is 5. The highest BCUT2D eigenvalue weighted by atomic mass is 19.1. The zero-order chi connectivity index (χ0) is 14.5. The van der Waals surface area contributed by atoms with Crippen LogP contribution in [0.25, 0.3) is 0 Å². The Hall–Kier alpha value is -2.02. The Balaban J connectivity index is 1.96. The summed E-state index contributed by atoms with van der Waals surface area (Å²) in [5, 5.41) is 16.7. The molecule has 2 N–H and O–H groups in total. The zero-order valence-corrected chi connectivity index (χ0v) is 10.9. The Morgan fingerprint density at radius 2 is 2.35 bits per heavy atom. The van der Waals surface area contributed by atoms with E-state index in [2.05, 4.69) is 10.6 Å². The molecule has 1 unspecified atom stereocenters. The second kappa shape index (κ2) is 6.42. The molecule has 1 saturated heterocycles. The molecule has 1 fully saturated rings. The minimum Gasteiger partial charge on any atom is -0.352 e. The standard InChI is InChI=1S/C13H16FN3O3/c14-9-3-4-11(12(8-9)17(19)20)13(18)16-7-5-10-2-1-6-15-10/h3-4,8,10,15H,1-2,5-7H2,(H,16,18). The smallest absolute Gasteiger partial charge is 0.285 e. The highest BCUT2D eigenvalue weighted by Crippen LogP contribution is 2.19. The summed E-state index contributed by atoms with van der Waals surface area (Å²) in [5.74, 6) is -1.28. The fourth-order valence-electron chi connectivity index (χ4n) is 2.31. The number of carbonyl (C=O) groups is 1. The maximum Gasteiger partial charge on any atom is 0.285 e. The lowest BCUT2D eigenvalue weighted by Gasteiger charge is -2.10. The number of nitro groups is 1. The van der Waals surface area contributed by atoms with Crippen molar-refractivity contribution in [2.24, 2.45) is 0 Å². The van der Waals surface area contributed by atoms with Crippen molar-refractivity contribution in [3.63, 3.8) is 0 Å². The molecule has 1 amide bonds. The molecule has 6 nitrogen and oxygen atoms in total. The molecule has 1 heterocycles. The highest BCUT2D eigenvalue weighted by molar-refractivity contribution is 5.98. The Bertz CT molecular complexity index is 516. The average molecular weight is 281 g/mol. The monoisotopic (exact) mass is 281 g/mol. The first-order valence-corrected chi connectivity index (χ1v) is 6.53. The molecule has 20 heavy (non-hydrogen) atoms. The van der Waals surface area contributed by atoms with Crippen molar-refractivity contribution in [2.75, 3.05) is 13.1 Å². The van der Waals surface area contributed by atoms with Crippen molar-refractivity contribution < 1.29 is 14.1 Å². The van der Waals surface area contributed by atoms with E-state index < -0.39 is 22.3 Å². The SMILES string of the molecule is O=C(NCCC1CCCN1)c1ccc(F)cc1[N+](=O)[O-]. The van der Waals surface area contributed by atoms with Crippen molar-refractivity contribution in [1.82, 2.24) is 10.6 Å². The van der Waals surface area contributed by atoms with E-state index in [1.165, 1.54) is 0 Å². The van der Waals surface area contributed by atoms with Crippen molar-refractivity contribution in [3.8, 4) is 0 Å². The van der Waals surface area contributed by atoms with Crippen LogP contribution in [0.1, 0.15) is 29.6 Å². The predicted molar refractivity (Wildman–Crippen MR) is 71.0 cm³/mol. The number of halogens is 1. The van der Waals surface area contributed by atoms with E-state index in [9.17, 15) is 19.3 Å². The van der Waals surface area contributed by atoms with Gasteiger partial charge in [-0.15, -0.1) is 0 Å². The van der Waals surface area contributed by atoms with Gasteiger partial charge in [0.25, 0.3) is 11.6 Å². The van der Waals surface area contributed by atoms with Crippen LogP contribution in [0.5, 0.6) is 0 Å². The third-order valence-electron chi connectivity index (χ3n) is 3.34. The number of nitro benzene ring substituents is 1. The molecule has 108 valence electrons. The second-order valence-corrected chi connectivity index (χ2v) is 4.76. The van der Waals surface area contributed by atoms with Gasteiger partial charge in [-0.25, -0.2) is 4.39 Å². The van der Waals surface area contributed by atoms with Crippen molar-refractivity contribution in [3.05, 3.63) is 39.7 Å². The lowest BCUT2D eigenvalue weighted by molar-refractivity contribution is -0.385. The third-order valence-corrected chi connectivity index (χ3v) is 3.34. The van der Waals surface area contributed by atoms with Crippen LogP contribution in [0.15, 0.2) is 18.2 Å². The Labute approximate surface area is 115 Å². The van der Waals surface area contributed by atoms with E-state index in [1.54, 1.807) is 0 Å². The van der Waals surface area contributed by atoms with Gasteiger partial charge in [0.05, 0.1) is 11.0 Å². The molecule has 1 aliphatic heterocycles. The number of nitrogens with one attached hydrogen (secondary N) is 2. The number of nitrogens with zero attached hydrogens (tertiary/aromatic N) is 1. The summed E-state index contributed by atoms with van der Waals surface area (Å²) in [6, 6.07) is 3.32. The normalized spacial score (nSPS) is 17.9. The van der Waals surface area contributed by atoms with Gasteiger partial charge in [-0.2, -0.15) is 0 Å². The second-order valence-electron chi connectivity index (χ2n) is 4.76. The third kappa shape index (κ3) is 3.51. The minimum absolute atomic E-state index is 0.115. The van der Waals surface area contributed by atoms with Gasteiger partial charge in [-0.1, -0.05) is 0 Å². The predicted octanol–water partition coefficient (Wildman–Crippen LogP) is 1.61. The summed E-state index contributed by atoms with van der Waals surface area (Å²) >= 11 is 0. The van der Waals surface area contributed by atoms with Crippen LogP contribution >= 0.6 is 0 Å². The molecule has 0 saturated carbocycles. The van der Waals surface area contributed by atoms with Gasteiger partial charge >= 0.3 is 0 Å². The number of amides is 1. The van der Waals surface area contributed by atoms with E-state index in [0.29, 0.717) is 12.6 Å². The van der Waals surface area contributed by atoms with E-state index >= 15 is 0 Å². The first-order valence-electron chi connectivity index (χ1n) is 6.53. The van der Waals surface area contributed by atoms with Crippen LogP contribution in [-0.4, -0.2) is 30.0 Å². The molecule has 1 atom stereocenters. The van der Waals surface area contributed by atoms with Gasteiger partial charge < -0.3 is 10.6 Å². The summed E-state index contributed by atoms with van der Waals surface area (Å²) in [7, 11) is 0. The molecule has 0 aromatic heterocycles. The molecular weight excluding hydrogens is 265 g/mol. The van der Waals surface area contributed by atoms with Gasteiger partial charge in [0.15, 0.2) is 0 Å². The average Bonchev–Trinajstić information content (AvgIpc) is 2.91. The summed E-state index contributed by atoms with van der Waals surface area (Å²) in [5.41, 5.74) is -0.628. The van der Waals surface area contributed by atoms with Crippen molar-refractivity contribution in [1.29, 1.82) is 0 Å². The van der Waals surface area contributed by atoms with Gasteiger partial charge in [-0.05, 0) is 37.9 Å². The molecule has 7 heteroatoms. The summed E-state index contributed by atoms with van der Waals surface area (Å²) in [4.78, 5) is 22.0. The van der Waals surface area contributed by atoms with E-state index in [1.807, 2.05) is 0 Å². The number of benzene rings is 1. The van der Waals surface area contributed by atoms with Gasteiger partial charge in [0, 0.05) is 12.6 Å². The minimum atomic E-state index is -0.753. The van der Waals surface area contributed by atoms with E-state index in [0.717, 1.165) is 44.0 Å². The van der Waals surface area contributed by atoms with Gasteiger partial charge in [0.1, 0.15) is 11.4 Å². The molecule has 0 aliphatic carbocycles. The van der Waals surface area contributed by atoms with E-state index in [-0.39, 0.29) is 5.56 Å². The lowest BCUT2D eigenvalue weighted by Crippen LogP contribution is -2.30. The van der Waals surface area contributed by atoms with Crippen LogP contribution in [0.2, 0.25) is 0 Å². The fourth-order valence-corrected chi connectivity index (χ4v) is 2.31. The van der Waals surface area contributed by atoms with Gasteiger partial charge in [-0.3, -0.25) is 14.9 Å². The molecule has 1 aromatic rings. The number of hydrogen-bond acceptors (Lipinski definition) is 4. The summed E-state index contributed by atoms with van der Waals surface area (Å²) in [6.07, 6.45) is 2.98. The molecular formula is C13H16FN3O3. The quantitative estimate of drug-likeness (QED) is 0.634. The summed E-state index contributed by atoms with van der Waals surface area (Å²) < 4.78 is 13.0. The highest BCUT2D eigenvalue weighted by Gasteiger charge is 2.21. The Kier molecular flexibility index (Phi) is 4.62. The number of carbonyl (C=O) groups excluding carboxylic acids is 1.